The lowest BCUT2D eigenvalue weighted by Crippen LogP contribution is -2.09. The lowest BCUT2D eigenvalue weighted by atomic mass is 10.00. The highest BCUT2D eigenvalue weighted by molar-refractivity contribution is 5.97. The predicted molar refractivity (Wildman–Crippen MR) is 218 cm³/mol. The first-order valence-electron chi connectivity index (χ1n) is 17.3. The van der Waals surface area contributed by atoms with E-state index in [0.717, 1.165) is 39.4 Å². The van der Waals surface area contributed by atoms with Gasteiger partial charge in [0, 0.05) is 28.0 Å². The molecule has 0 fully saturated rings. The summed E-state index contributed by atoms with van der Waals surface area (Å²) in [6, 6.07) is 60.4. The largest absolute Gasteiger partial charge is 0.456 e. The fraction of sp³-hybridized carbons (Fsp3) is 0.0204. The van der Waals surface area contributed by atoms with Crippen LogP contribution >= 0.6 is 0 Å². The van der Waals surface area contributed by atoms with E-state index < -0.39 is 0 Å². The van der Waals surface area contributed by atoms with E-state index in [-0.39, 0.29) is 0 Å². The van der Waals surface area contributed by atoms with E-state index in [1.807, 2.05) is 12.2 Å². The van der Waals surface area contributed by atoms with Crippen LogP contribution in [-0.2, 0) is 0 Å². The number of furan rings is 1. The Hall–Kier alpha value is -6.64. The van der Waals surface area contributed by atoms with Crippen LogP contribution in [0.25, 0.3) is 60.9 Å². The maximum atomic E-state index is 6.36. The highest BCUT2D eigenvalue weighted by atomic mass is 16.3. The van der Waals surface area contributed by atoms with Gasteiger partial charge in [0.05, 0.1) is 0 Å². The Bertz CT molecular complexity index is 2450. The fourth-order valence-electron chi connectivity index (χ4n) is 6.63. The van der Waals surface area contributed by atoms with Gasteiger partial charge in [-0.25, -0.2) is 0 Å². The second-order valence-electron chi connectivity index (χ2n) is 12.7. The summed E-state index contributed by atoms with van der Waals surface area (Å²) in [6.07, 6.45) is 7.86. The van der Waals surface area contributed by atoms with Gasteiger partial charge in [-0.15, -0.1) is 0 Å². The molecule has 0 saturated heterocycles. The van der Waals surface area contributed by atoms with Gasteiger partial charge in [0.1, 0.15) is 11.3 Å². The van der Waals surface area contributed by atoms with E-state index in [1.54, 1.807) is 6.08 Å². The molecular formula is C49H37NO. The minimum Gasteiger partial charge on any atom is -0.456 e. The zero-order valence-corrected chi connectivity index (χ0v) is 28.5. The minimum atomic E-state index is 0.859. The Morgan fingerprint density at radius 1 is 0.490 bits per heavy atom. The molecule has 0 atom stereocenters. The third kappa shape index (κ3) is 6.68. The van der Waals surface area contributed by atoms with Crippen molar-refractivity contribution in [1.29, 1.82) is 0 Å². The summed E-state index contributed by atoms with van der Waals surface area (Å²) in [6.45, 7) is 5.90. The van der Waals surface area contributed by atoms with Crippen LogP contribution in [0.3, 0.4) is 0 Å². The molecule has 0 aliphatic carbocycles. The van der Waals surface area contributed by atoms with Gasteiger partial charge in [-0.05, 0) is 118 Å². The molecule has 0 aliphatic heterocycles. The molecule has 1 heterocycles. The molecule has 2 heteroatoms. The van der Waals surface area contributed by atoms with Crippen molar-refractivity contribution < 1.29 is 4.42 Å². The molecule has 0 amide bonds. The second-order valence-corrected chi connectivity index (χ2v) is 12.7. The number of benzene rings is 7. The smallest absolute Gasteiger partial charge is 0.135 e. The molecule has 51 heavy (non-hydrogen) atoms. The summed E-state index contributed by atoms with van der Waals surface area (Å²) in [4.78, 5) is 2.30. The van der Waals surface area contributed by atoms with E-state index in [9.17, 15) is 0 Å². The first-order valence-corrected chi connectivity index (χ1v) is 17.3. The molecule has 244 valence electrons. The van der Waals surface area contributed by atoms with E-state index >= 15 is 0 Å². The highest BCUT2D eigenvalue weighted by Gasteiger charge is 2.15. The Labute approximate surface area is 299 Å². The molecule has 7 aromatic carbocycles. The van der Waals surface area contributed by atoms with Crippen molar-refractivity contribution >= 4 is 44.4 Å². The molecule has 8 rings (SSSR count). The van der Waals surface area contributed by atoms with Crippen LogP contribution in [0.2, 0.25) is 0 Å². The van der Waals surface area contributed by atoms with Gasteiger partial charge in [-0.2, -0.15) is 0 Å². The standard InChI is InChI=1S/C49H37NO/c1-3-4-6-11-35(2)36-20-26-45(27-21-36)50(46-28-22-40(23-29-46)39-18-16-38(17-19-39)37-12-7-5-8-13-37)47-30-24-41(25-31-47)48-34-44-32-42-14-9-10-15-43(42)33-49(44)51-48/h3-34H,1H2,2H3/b6-4-,35-11+. The second kappa shape index (κ2) is 14.1. The van der Waals surface area contributed by atoms with Crippen LogP contribution in [0.15, 0.2) is 205 Å². The third-order valence-electron chi connectivity index (χ3n) is 9.42. The van der Waals surface area contributed by atoms with Gasteiger partial charge in [-0.3, -0.25) is 0 Å². The number of hydrogen-bond donors (Lipinski definition) is 0. The Morgan fingerprint density at radius 3 is 1.57 bits per heavy atom. The molecule has 8 aromatic rings. The minimum absolute atomic E-state index is 0.859. The van der Waals surface area contributed by atoms with Gasteiger partial charge in [0.25, 0.3) is 0 Å². The number of nitrogens with zero attached hydrogens (tertiary/aromatic N) is 1. The van der Waals surface area contributed by atoms with Crippen molar-refractivity contribution in [2.75, 3.05) is 4.90 Å². The maximum Gasteiger partial charge on any atom is 0.135 e. The van der Waals surface area contributed by atoms with Crippen LogP contribution in [0.4, 0.5) is 17.1 Å². The zero-order valence-electron chi connectivity index (χ0n) is 28.5. The van der Waals surface area contributed by atoms with Crippen molar-refractivity contribution in [3.63, 3.8) is 0 Å². The Kier molecular flexibility index (Phi) is 8.72. The molecule has 2 nitrogen and oxygen atoms in total. The molecule has 0 radical (unpaired) electrons. The van der Waals surface area contributed by atoms with Gasteiger partial charge in [-0.1, -0.05) is 134 Å². The Morgan fingerprint density at radius 2 is 0.980 bits per heavy atom. The topological polar surface area (TPSA) is 16.4 Å². The van der Waals surface area contributed by atoms with Crippen molar-refractivity contribution in [3.8, 4) is 33.6 Å². The van der Waals surface area contributed by atoms with Gasteiger partial charge in [0.2, 0.25) is 0 Å². The van der Waals surface area contributed by atoms with Crippen LogP contribution in [-0.4, -0.2) is 0 Å². The van der Waals surface area contributed by atoms with Gasteiger partial charge >= 0.3 is 0 Å². The summed E-state index contributed by atoms with van der Waals surface area (Å²) in [5.74, 6) is 0.859. The molecule has 0 spiro atoms. The van der Waals surface area contributed by atoms with Crippen molar-refractivity contribution in [2.45, 2.75) is 6.92 Å². The molecule has 0 saturated carbocycles. The summed E-state index contributed by atoms with van der Waals surface area (Å²) < 4.78 is 6.36. The van der Waals surface area contributed by atoms with Crippen molar-refractivity contribution in [2.24, 2.45) is 0 Å². The summed E-state index contributed by atoms with van der Waals surface area (Å²) >= 11 is 0. The van der Waals surface area contributed by atoms with Crippen LogP contribution in [0.5, 0.6) is 0 Å². The number of hydrogen-bond acceptors (Lipinski definition) is 2. The normalized spacial score (nSPS) is 11.7. The molecule has 0 N–H and O–H groups in total. The molecule has 0 aliphatic rings. The number of fused-ring (bicyclic) bond motifs is 2. The SMILES string of the molecule is C=C/C=C\C=C(/C)c1ccc(N(c2ccc(-c3ccc(-c4ccccc4)cc3)cc2)c2ccc(-c3cc4cc5ccccc5cc4o3)cc2)cc1. The summed E-state index contributed by atoms with van der Waals surface area (Å²) in [7, 11) is 0. The average molecular weight is 656 g/mol. The summed E-state index contributed by atoms with van der Waals surface area (Å²) in [5, 5.41) is 3.49. The predicted octanol–water partition coefficient (Wildman–Crippen LogP) is 14.2. The highest BCUT2D eigenvalue weighted by Crippen LogP contribution is 2.38. The molecule has 0 bridgehead atoms. The quantitative estimate of drug-likeness (QED) is 0.144. The average Bonchev–Trinajstić information content (AvgIpc) is 3.61. The van der Waals surface area contributed by atoms with Gasteiger partial charge in [0.15, 0.2) is 0 Å². The number of allylic oxidation sites excluding steroid dienone is 5. The monoisotopic (exact) mass is 655 g/mol. The van der Waals surface area contributed by atoms with E-state index in [2.05, 4.69) is 194 Å². The molecule has 1 aromatic heterocycles. The maximum absolute atomic E-state index is 6.36. The Balaban J connectivity index is 1.12. The van der Waals surface area contributed by atoms with E-state index in [0.29, 0.717) is 0 Å². The van der Waals surface area contributed by atoms with Crippen LogP contribution in [0.1, 0.15) is 12.5 Å². The lowest BCUT2D eigenvalue weighted by molar-refractivity contribution is 0.632. The van der Waals surface area contributed by atoms with Gasteiger partial charge < -0.3 is 9.32 Å². The van der Waals surface area contributed by atoms with E-state index in [4.69, 9.17) is 4.42 Å². The third-order valence-corrected chi connectivity index (χ3v) is 9.42. The fourth-order valence-corrected chi connectivity index (χ4v) is 6.63. The number of rotatable bonds is 9. The van der Waals surface area contributed by atoms with Crippen LogP contribution < -0.4 is 4.90 Å². The molecular weight excluding hydrogens is 619 g/mol. The summed E-state index contributed by atoms with van der Waals surface area (Å²) in [5.41, 5.74) is 12.3. The van der Waals surface area contributed by atoms with Crippen molar-refractivity contribution in [1.82, 2.24) is 0 Å². The van der Waals surface area contributed by atoms with Crippen molar-refractivity contribution in [3.05, 3.63) is 206 Å². The first-order chi connectivity index (χ1) is 25.1. The molecule has 0 unspecified atom stereocenters. The van der Waals surface area contributed by atoms with Crippen LogP contribution in [0, 0.1) is 0 Å². The van der Waals surface area contributed by atoms with E-state index in [1.165, 1.54) is 44.2 Å². The zero-order chi connectivity index (χ0) is 34.6. The lowest BCUT2D eigenvalue weighted by Gasteiger charge is -2.26. The first kappa shape index (κ1) is 31.6. The number of anilines is 3.